The topological polar surface area (TPSA) is 22.1 Å². The number of hydrogen-bond donors (Lipinski definition) is 0. The van der Waals surface area contributed by atoms with Gasteiger partial charge >= 0.3 is 0 Å². The monoisotopic (exact) mass is 195 g/mol. The Labute approximate surface area is 79.1 Å². The molecule has 1 aromatic carbocycles. The van der Waals surface area contributed by atoms with E-state index in [2.05, 4.69) is 9.72 Å². The zero-order chi connectivity index (χ0) is 10.1. The highest BCUT2D eigenvalue weighted by Gasteiger charge is 2.13. The molecule has 2 nitrogen and oxygen atoms in total. The number of fused-ring (bicyclic) bond motifs is 1. The molecule has 0 saturated heterocycles. The maximum Gasteiger partial charge on any atom is 0.191 e. The summed E-state index contributed by atoms with van der Waals surface area (Å²) in [4.78, 5) is 3.78. The fourth-order valence-electron chi connectivity index (χ4n) is 1.34. The third-order valence-corrected chi connectivity index (χ3v) is 1.99. The fraction of sp³-hybridized carbons (Fsp3) is 0.100. The summed E-state index contributed by atoms with van der Waals surface area (Å²) in [6, 6.07) is 2.68. The second-order valence-corrected chi connectivity index (χ2v) is 2.80. The van der Waals surface area contributed by atoms with Crippen molar-refractivity contribution in [2.45, 2.75) is 0 Å². The highest BCUT2D eigenvalue weighted by molar-refractivity contribution is 5.83. The molecule has 0 unspecified atom stereocenters. The smallest absolute Gasteiger partial charge is 0.191 e. The van der Waals surface area contributed by atoms with Crippen LogP contribution in [0, 0.1) is 11.6 Å². The van der Waals surface area contributed by atoms with Crippen LogP contribution in [0.5, 0.6) is 5.75 Å². The summed E-state index contributed by atoms with van der Waals surface area (Å²) in [7, 11) is 1.23. The van der Waals surface area contributed by atoms with E-state index in [-0.39, 0.29) is 5.75 Å². The maximum absolute atomic E-state index is 13.5. The van der Waals surface area contributed by atoms with Crippen molar-refractivity contribution in [3.8, 4) is 5.75 Å². The van der Waals surface area contributed by atoms with E-state index >= 15 is 0 Å². The van der Waals surface area contributed by atoms with Crippen LogP contribution in [0.4, 0.5) is 8.78 Å². The van der Waals surface area contributed by atoms with Gasteiger partial charge in [0.05, 0.1) is 7.11 Å². The normalized spacial score (nSPS) is 10.5. The number of pyridine rings is 1. The van der Waals surface area contributed by atoms with Crippen molar-refractivity contribution < 1.29 is 13.5 Å². The third-order valence-electron chi connectivity index (χ3n) is 1.99. The number of aromatic nitrogens is 1. The minimum absolute atomic E-state index is 0.304. The lowest BCUT2D eigenvalue weighted by Crippen LogP contribution is -1.94. The standard InChI is InChI=1S/C10H7F2NO/c1-14-10-8(11)4-6-5-13-3-2-7(6)9(10)12/h2-5H,1H3. The molecule has 2 aromatic rings. The Morgan fingerprint density at radius 2 is 2.14 bits per heavy atom. The molecule has 0 N–H and O–H groups in total. The van der Waals surface area contributed by atoms with Gasteiger partial charge < -0.3 is 4.74 Å². The van der Waals surface area contributed by atoms with E-state index < -0.39 is 11.6 Å². The second-order valence-electron chi connectivity index (χ2n) is 2.80. The Morgan fingerprint density at radius 1 is 1.36 bits per heavy atom. The highest BCUT2D eigenvalue weighted by Crippen LogP contribution is 2.28. The number of halogens is 2. The van der Waals surface area contributed by atoms with Gasteiger partial charge in [0.1, 0.15) is 0 Å². The summed E-state index contributed by atoms with van der Waals surface area (Å²) in [5, 5.41) is 0.724. The lowest BCUT2D eigenvalue weighted by molar-refractivity contribution is 0.362. The number of methoxy groups -OCH3 is 1. The first kappa shape index (κ1) is 8.87. The molecule has 72 valence electrons. The van der Waals surface area contributed by atoms with Gasteiger partial charge in [-0.3, -0.25) is 4.98 Å². The van der Waals surface area contributed by atoms with E-state index in [1.165, 1.54) is 31.6 Å². The lowest BCUT2D eigenvalue weighted by Gasteiger charge is -2.05. The molecule has 0 spiro atoms. The first-order valence-corrected chi connectivity index (χ1v) is 3.99. The molecular formula is C10H7F2NO. The number of hydrogen-bond acceptors (Lipinski definition) is 2. The molecule has 2 rings (SSSR count). The fourth-order valence-corrected chi connectivity index (χ4v) is 1.34. The van der Waals surface area contributed by atoms with E-state index in [4.69, 9.17) is 0 Å². The first-order valence-electron chi connectivity index (χ1n) is 3.99. The number of ether oxygens (including phenoxy) is 1. The van der Waals surface area contributed by atoms with E-state index in [0.29, 0.717) is 10.8 Å². The average molecular weight is 195 g/mol. The van der Waals surface area contributed by atoms with Gasteiger partial charge in [-0.1, -0.05) is 0 Å². The third kappa shape index (κ3) is 1.19. The number of benzene rings is 1. The minimum atomic E-state index is -0.717. The SMILES string of the molecule is COc1c(F)cc2cnccc2c1F. The lowest BCUT2D eigenvalue weighted by atomic mass is 10.1. The predicted molar refractivity (Wildman–Crippen MR) is 48.2 cm³/mol. The Morgan fingerprint density at radius 3 is 2.86 bits per heavy atom. The molecule has 4 heteroatoms. The van der Waals surface area contributed by atoms with Crippen molar-refractivity contribution >= 4 is 10.8 Å². The van der Waals surface area contributed by atoms with Gasteiger partial charge in [-0.05, 0) is 12.1 Å². The Bertz CT molecular complexity index is 485. The molecule has 0 aliphatic carbocycles. The highest BCUT2D eigenvalue weighted by atomic mass is 19.1. The van der Waals surface area contributed by atoms with Gasteiger partial charge in [-0.15, -0.1) is 0 Å². The maximum atomic E-state index is 13.5. The van der Waals surface area contributed by atoms with E-state index in [1.807, 2.05) is 0 Å². The van der Waals surface area contributed by atoms with Crippen molar-refractivity contribution in [2.24, 2.45) is 0 Å². The van der Waals surface area contributed by atoms with Crippen LogP contribution < -0.4 is 4.74 Å². The van der Waals surface area contributed by atoms with Gasteiger partial charge in [-0.25, -0.2) is 8.78 Å². The van der Waals surface area contributed by atoms with Crippen molar-refractivity contribution in [3.63, 3.8) is 0 Å². The summed E-state index contributed by atoms with van der Waals surface area (Å²) in [6.07, 6.45) is 2.85. The zero-order valence-corrected chi connectivity index (χ0v) is 7.42. The molecule has 1 aromatic heterocycles. The Balaban J connectivity index is 2.86. The largest absolute Gasteiger partial charge is 0.491 e. The molecule has 0 bridgehead atoms. The van der Waals surface area contributed by atoms with Crippen molar-refractivity contribution in [3.05, 3.63) is 36.2 Å². The minimum Gasteiger partial charge on any atom is -0.491 e. The van der Waals surface area contributed by atoms with Crippen LogP contribution >= 0.6 is 0 Å². The van der Waals surface area contributed by atoms with Crippen LogP contribution in [0.3, 0.4) is 0 Å². The van der Waals surface area contributed by atoms with Crippen LogP contribution in [0.25, 0.3) is 10.8 Å². The molecule has 14 heavy (non-hydrogen) atoms. The van der Waals surface area contributed by atoms with E-state index in [0.717, 1.165) is 0 Å². The molecule has 0 saturated carbocycles. The number of rotatable bonds is 1. The zero-order valence-electron chi connectivity index (χ0n) is 7.42. The van der Waals surface area contributed by atoms with E-state index in [9.17, 15) is 8.78 Å². The van der Waals surface area contributed by atoms with Crippen molar-refractivity contribution in [1.29, 1.82) is 0 Å². The van der Waals surface area contributed by atoms with Crippen molar-refractivity contribution in [1.82, 2.24) is 4.98 Å². The van der Waals surface area contributed by atoms with Gasteiger partial charge in [0.2, 0.25) is 0 Å². The second kappa shape index (κ2) is 3.21. The molecule has 1 heterocycles. The molecule has 0 aliphatic heterocycles. The summed E-state index contributed by atoms with van der Waals surface area (Å²) in [5.41, 5.74) is 0. The number of nitrogens with zero attached hydrogens (tertiary/aromatic N) is 1. The van der Waals surface area contributed by atoms with Crippen LogP contribution in [0.15, 0.2) is 24.5 Å². The summed E-state index contributed by atoms with van der Waals surface area (Å²) >= 11 is 0. The van der Waals surface area contributed by atoms with Crippen molar-refractivity contribution in [2.75, 3.05) is 7.11 Å². The van der Waals surface area contributed by atoms with Crippen LogP contribution in [0.2, 0.25) is 0 Å². The average Bonchev–Trinajstić information content (AvgIpc) is 2.18. The summed E-state index contributed by atoms with van der Waals surface area (Å²) in [5.74, 6) is -1.76. The molecular weight excluding hydrogens is 188 g/mol. The van der Waals surface area contributed by atoms with Gasteiger partial charge in [0.15, 0.2) is 17.4 Å². The molecule has 0 fully saturated rings. The van der Waals surface area contributed by atoms with Gasteiger partial charge in [-0.2, -0.15) is 0 Å². The Kier molecular flexibility index (Phi) is 2.04. The molecule has 0 amide bonds. The molecule has 0 aliphatic rings. The van der Waals surface area contributed by atoms with Gasteiger partial charge in [0, 0.05) is 23.2 Å². The molecule has 0 radical (unpaired) electrons. The quantitative estimate of drug-likeness (QED) is 0.697. The van der Waals surface area contributed by atoms with Gasteiger partial charge in [0.25, 0.3) is 0 Å². The predicted octanol–water partition coefficient (Wildman–Crippen LogP) is 2.52. The van der Waals surface area contributed by atoms with Crippen LogP contribution in [0.1, 0.15) is 0 Å². The summed E-state index contributed by atoms with van der Waals surface area (Å²) < 4.78 is 31.3. The van der Waals surface area contributed by atoms with Crippen LogP contribution in [-0.2, 0) is 0 Å². The summed E-state index contributed by atoms with van der Waals surface area (Å²) in [6.45, 7) is 0. The molecule has 0 atom stereocenters. The first-order chi connectivity index (χ1) is 6.74. The Hall–Kier alpha value is -1.71. The van der Waals surface area contributed by atoms with Crippen LogP contribution in [-0.4, -0.2) is 12.1 Å². The van der Waals surface area contributed by atoms with E-state index in [1.54, 1.807) is 0 Å².